The minimum Gasteiger partial charge on any atom is -0.472 e. The van der Waals surface area contributed by atoms with Gasteiger partial charge in [0.15, 0.2) is 11.0 Å². The highest BCUT2D eigenvalue weighted by Crippen LogP contribution is 2.09. The number of aryl methyl sites for hydroxylation is 1. The Bertz CT molecular complexity index is 500. The van der Waals surface area contributed by atoms with E-state index in [9.17, 15) is 4.21 Å². The molecule has 3 nitrogen and oxygen atoms in total. The van der Waals surface area contributed by atoms with Crippen LogP contribution in [0.15, 0.2) is 56.6 Å². The number of rotatable bonds is 3. The predicted molar refractivity (Wildman–Crippen MR) is 63.9 cm³/mol. The molecule has 0 radical (unpaired) electrons. The second-order valence-electron chi connectivity index (χ2n) is 3.35. The van der Waals surface area contributed by atoms with Gasteiger partial charge >= 0.3 is 0 Å². The summed E-state index contributed by atoms with van der Waals surface area (Å²) in [6, 6.07) is 9.23. The van der Waals surface area contributed by atoms with Gasteiger partial charge in [-0.3, -0.25) is 0 Å². The second-order valence-corrected chi connectivity index (χ2v) is 4.53. The Morgan fingerprint density at radius 1 is 1.25 bits per heavy atom. The molecule has 1 aromatic carbocycles. The molecule has 0 bridgehead atoms. The zero-order valence-corrected chi connectivity index (χ0v) is 9.61. The Labute approximate surface area is 96.4 Å². The molecule has 1 unspecified atom stereocenters. The van der Waals surface area contributed by atoms with Gasteiger partial charge in [-0.1, -0.05) is 17.7 Å². The van der Waals surface area contributed by atoms with Crippen molar-refractivity contribution in [2.45, 2.75) is 11.8 Å². The van der Waals surface area contributed by atoms with Gasteiger partial charge in [0.1, 0.15) is 0 Å². The SMILES string of the molecule is Cc1ccc(S(=O)/N=C/c2ccoc2)cc1. The molecule has 1 atom stereocenters. The maximum atomic E-state index is 11.7. The largest absolute Gasteiger partial charge is 0.472 e. The standard InChI is InChI=1S/C12H11NO2S/c1-10-2-4-12(5-3-10)16(14)13-8-11-6-7-15-9-11/h2-9H,1H3/b13-8+. The van der Waals surface area contributed by atoms with Crippen LogP contribution in [0.3, 0.4) is 0 Å². The van der Waals surface area contributed by atoms with Crippen molar-refractivity contribution in [1.82, 2.24) is 0 Å². The summed E-state index contributed by atoms with van der Waals surface area (Å²) >= 11 is 0. The van der Waals surface area contributed by atoms with Gasteiger partial charge in [0, 0.05) is 11.8 Å². The van der Waals surface area contributed by atoms with Crippen LogP contribution in [-0.4, -0.2) is 10.4 Å². The fourth-order valence-electron chi connectivity index (χ4n) is 1.17. The third-order valence-electron chi connectivity index (χ3n) is 2.06. The number of hydrogen-bond acceptors (Lipinski definition) is 2. The maximum Gasteiger partial charge on any atom is 0.172 e. The van der Waals surface area contributed by atoms with Gasteiger partial charge < -0.3 is 4.42 Å². The molecule has 0 amide bonds. The van der Waals surface area contributed by atoms with E-state index in [2.05, 4.69) is 4.40 Å². The molecule has 0 aliphatic carbocycles. The minimum absolute atomic E-state index is 0.699. The molecule has 0 N–H and O–H groups in total. The van der Waals surface area contributed by atoms with E-state index in [1.807, 2.05) is 31.2 Å². The normalized spacial score (nSPS) is 13.1. The van der Waals surface area contributed by atoms with Crippen LogP contribution in [0.5, 0.6) is 0 Å². The second kappa shape index (κ2) is 4.90. The Balaban J connectivity index is 2.11. The zero-order valence-electron chi connectivity index (χ0n) is 8.79. The molecule has 2 rings (SSSR count). The molecule has 2 aromatic rings. The molecular formula is C12H11NO2S. The first-order valence-electron chi connectivity index (χ1n) is 4.80. The summed E-state index contributed by atoms with van der Waals surface area (Å²) in [4.78, 5) is 0.699. The van der Waals surface area contributed by atoms with Gasteiger partial charge in [-0.25, -0.2) is 4.21 Å². The average molecular weight is 233 g/mol. The monoisotopic (exact) mass is 233 g/mol. The Morgan fingerprint density at radius 2 is 2.00 bits per heavy atom. The van der Waals surface area contributed by atoms with Crippen LogP contribution in [0.2, 0.25) is 0 Å². The summed E-state index contributed by atoms with van der Waals surface area (Å²) in [5, 5.41) is 0. The number of nitrogens with zero attached hydrogens (tertiary/aromatic N) is 1. The predicted octanol–water partition coefficient (Wildman–Crippen LogP) is 2.73. The van der Waals surface area contributed by atoms with Crippen LogP contribution in [0.1, 0.15) is 11.1 Å². The van der Waals surface area contributed by atoms with E-state index < -0.39 is 11.0 Å². The van der Waals surface area contributed by atoms with Crippen molar-refractivity contribution in [2.75, 3.05) is 0 Å². The van der Waals surface area contributed by atoms with E-state index in [1.165, 1.54) is 0 Å². The lowest BCUT2D eigenvalue weighted by molar-refractivity contribution is 0.567. The van der Waals surface area contributed by atoms with Crippen molar-refractivity contribution in [2.24, 2.45) is 4.40 Å². The average Bonchev–Trinajstić information content (AvgIpc) is 2.80. The van der Waals surface area contributed by atoms with Crippen molar-refractivity contribution < 1.29 is 8.63 Å². The maximum absolute atomic E-state index is 11.7. The minimum atomic E-state index is -1.35. The fourth-order valence-corrected chi connectivity index (χ4v) is 1.88. The topological polar surface area (TPSA) is 42.6 Å². The lowest BCUT2D eigenvalue weighted by atomic mass is 10.2. The molecule has 0 saturated carbocycles. The molecule has 82 valence electrons. The van der Waals surface area contributed by atoms with Crippen LogP contribution in [0.25, 0.3) is 0 Å². The molecule has 1 heterocycles. The Kier molecular flexibility index (Phi) is 3.31. The van der Waals surface area contributed by atoms with Gasteiger partial charge in [0.25, 0.3) is 0 Å². The molecular weight excluding hydrogens is 222 g/mol. The lowest BCUT2D eigenvalue weighted by Gasteiger charge is -1.96. The smallest absolute Gasteiger partial charge is 0.172 e. The van der Waals surface area contributed by atoms with Crippen LogP contribution in [0, 0.1) is 6.92 Å². The van der Waals surface area contributed by atoms with Crippen molar-refractivity contribution >= 4 is 17.2 Å². The summed E-state index contributed by atoms with van der Waals surface area (Å²) in [5.74, 6) is 0. The first-order chi connectivity index (χ1) is 7.75. The quantitative estimate of drug-likeness (QED) is 0.765. The summed E-state index contributed by atoms with van der Waals surface area (Å²) in [5.41, 5.74) is 1.94. The van der Waals surface area contributed by atoms with Gasteiger partial charge in [0.05, 0.1) is 17.4 Å². The third kappa shape index (κ3) is 2.67. The van der Waals surface area contributed by atoms with Gasteiger partial charge in [-0.05, 0) is 25.1 Å². The molecule has 0 aliphatic heterocycles. The number of hydrogen-bond donors (Lipinski definition) is 0. The number of furan rings is 1. The highest BCUT2D eigenvalue weighted by Gasteiger charge is 2.00. The van der Waals surface area contributed by atoms with Crippen LogP contribution in [-0.2, 0) is 11.0 Å². The van der Waals surface area contributed by atoms with E-state index in [0.717, 1.165) is 11.1 Å². The molecule has 0 aliphatic rings. The summed E-state index contributed by atoms with van der Waals surface area (Å²) < 4.78 is 20.6. The first-order valence-corrected chi connectivity index (χ1v) is 5.91. The molecule has 0 saturated heterocycles. The third-order valence-corrected chi connectivity index (χ3v) is 3.04. The zero-order chi connectivity index (χ0) is 11.4. The summed E-state index contributed by atoms with van der Waals surface area (Å²) in [6.45, 7) is 1.99. The van der Waals surface area contributed by atoms with Gasteiger partial charge in [-0.15, -0.1) is 0 Å². The van der Waals surface area contributed by atoms with E-state index in [1.54, 1.807) is 24.8 Å². The van der Waals surface area contributed by atoms with E-state index in [-0.39, 0.29) is 0 Å². The molecule has 1 aromatic heterocycles. The molecule has 0 spiro atoms. The van der Waals surface area contributed by atoms with Crippen molar-refractivity contribution in [3.63, 3.8) is 0 Å². The van der Waals surface area contributed by atoms with E-state index in [4.69, 9.17) is 4.42 Å². The molecule has 16 heavy (non-hydrogen) atoms. The van der Waals surface area contributed by atoms with E-state index >= 15 is 0 Å². The van der Waals surface area contributed by atoms with Crippen molar-refractivity contribution in [3.8, 4) is 0 Å². The van der Waals surface area contributed by atoms with Gasteiger partial charge in [-0.2, -0.15) is 4.40 Å². The summed E-state index contributed by atoms with van der Waals surface area (Å²) in [6.07, 6.45) is 4.64. The van der Waals surface area contributed by atoms with Crippen LogP contribution in [0.4, 0.5) is 0 Å². The molecule has 0 fully saturated rings. The van der Waals surface area contributed by atoms with E-state index in [0.29, 0.717) is 4.90 Å². The van der Waals surface area contributed by atoms with Crippen LogP contribution >= 0.6 is 0 Å². The van der Waals surface area contributed by atoms with Crippen LogP contribution < -0.4 is 0 Å². The van der Waals surface area contributed by atoms with Crippen molar-refractivity contribution in [1.29, 1.82) is 0 Å². The lowest BCUT2D eigenvalue weighted by Crippen LogP contribution is -1.88. The highest BCUT2D eigenvalue weighted by molar-refractivity contribution is 7.83. The first kappa shape index (κ1) is 10.8. The fraction of sp³-hybridized carbons (Fsp3) is 0.0833. The highest BCUT2D eigenvalue weighted by atomic mass is 32.2. The summed E-state index contributed by atoms with van der Waals surface area (Å²) in [7, 11) is -1.35. The molecule has 4 heteroatoms. The Morgan fingerprint density at radius 3 is 2.62 bits per heavy atom. The Hall–Kier alpha value is -1.68. The number of benzene rings is 1. The van der Waals surface area contributed by atoms with Crippen molar-refractivity contribution in [3.05, 3.63) is 54.0 Å². The van der Waals surface area contributed by atoms with Gasteiger partial charge in [0.2, 0.25) is 0 Å².